The van der Waals surface area contributed by atoms with E-state index in [0.29, 0.717) is 11.2 Å². The van der Waals surface area contributed by atoms with E-state index in [9.17, 15) is 9.59 Å². The highest BCUT2D eigenvalue weighted by Crippen LogP contribution is 2.21. The molecule has 0 amide bonds. The number of imidazole rings is 1. The van der Waals surface area contributed by atoms with E-state index in [1.165, 1.54) is 17.4 Å². The first-order chi connectivity index (χ1) is 10.1. The van der Waals surface area contributed by atoms with Gasteiger partial charge >= 0.3 is 5.69 Å². The van der Waals surface area contributed by atoms with Crippen LogP contribution in [-0.4, -0.2) is 24.9 Å². The van der Waals surface area contributed by atoms with Gasteiger partial charge in [0.15, 0.2) is 16.3 Å². The van der Waals surface area contributed by atoms with Gasteiger partial charge in [0.2, 0.25) is 0 Å². The third-order valence-electron chi connectivity index (χ3n) is 3.48. The van der Waals surface area contributed by atoms with Gasteiger partial charge in [-0.25, -0.2) is 9.78 Å². The van der Waals surface area contributed by atoms with Gasteiger partial charge in [0.1, 0.15) is 0 Å². The van der Waals surface area contributed by atoms with E-state index in [1.54, 1.807) is 18.8 Å². The number of H-pyrrole nitrogens is 1. The molecule has 7 heteroatoms. The van der Waals surface area contributed by atoms with Crippen molar-refractivity contribution in [3.8, 4) is 0 Å². The summed E-state index contributed by atoms with van der Waals surface area (Å²) in [7, 11) is 1.63. The lowest BCUT2D eigenvalue weighted by Crippen LogP contribution is -2.29. The van der Waals surface area contributed by atoms with Crippen LogP contribution in [0.5, 0.6) is 0 Å². The van der Waals surface area contributed by atoms with Gasteiger partial charge in [-0.05, 0) is 12.2 Å². The Balaban J connectivity index is 2.49. The lowest BCUT2D eigenvalue weighted by atomic mass is 10.2. The molecular formula is C14H22N4O2S. The zero-order valence-corrected chi connectivity index (χ0v) is 13.6. The largest absolute Gasteiger partial charge is 0.329 e. The van der Waals surface area contributed by atoms with Crippen LogP contribution in [0.2, 0.25) is 0 Å². The van der Waals surface area contributed by atoms with Gasteiger partial charge < -0.3 is 4.57 Å². The van der Waals surface area contributed by atoms with E-state index in [-0.39, 0.29) is 5.56 Å². The molecule has 0 aliphatic carbocycles. The van der Waals surface area contributed by atoms with Crippen LogP contribution < -0.4 is 11.2 Å². The second-order valence-corrected chi connectivity index (χ2v) is 6.26. The summed E-state index contributed by atoms with van der Waals surface area (Å²) in [6.07, 6.45) is 4.52. The highest BCUT2D eigenvalue weighted by Gasteiger charge is 2.16. The number of unbranched alkanes of at least 4 members (excludes halogenated alkanes) is 3. The molecule has 116 valence electrons. The molecule has 0 saturated heterocycles. The van der Waals surface area contributed by atoms with Crippen molar-refractivity contribution in [1.82, 2.24) is 19.1 Å². The summed E-state index contributed by atoms with van der Waals surface area (Å²) in [5.74, 6) is 0.879. The van der Waals surface area contributed by atoms with Gasteiger partial charge in [-0.3, -0.25) is 14.3 Å². The average molecular weight is 310 g/mol. The Bertz CT molecular complexity index is 729. The molecule has 0 spiro atoms. The summed E-state index contributed by atoms with van der Waals surface area (Å²) in [4.78, 5) is 30.7. The van der Waals surface area contributed by atoms with E-state index in [4.69, 9.17) is 0 Å². The van der Waals surface area contributed by atoms with E-state index >= 15 is 0 Å². The Hall–Kier alpha value is -1.50. The Morgan fingerprint density at radius 2 is 1.95 bits per heavy atom. The first-order valence-electron chi connectivity index (χ1n) is 7.42. The maximum atomic E-state index is 12.1. The molecule has 2 rings (SSSR count). The van der Waals surface area contributed by atoms with Gasteiger partial charge in [0.25, 0.3) is 5.56 Å². The fraction of sp³-hybridized carbons (Fsp3) is 0.643. The molecule has 0 fully saturated rings. The normalized spacial score (nSPS) is 11.4. The number of aromatic amines is 1. The zero-order chi connectivity index (χ0) is 15.4. The number of rotatable bonds is 7. The van der Waals surface area contributed by atoms with Crippen LogP contribution in [0, 0.1) is 0 Å². The lowest BCUT2D eigenvalue weighted by Gasteiger charge is -2.07. The molecule has 0 aromatic carbocycles. The van der Waals surface area contributed by atoms with Crippen molar-refractivity contribution in [3.05, 3.63) is 20.8 Å². The number of fused-ring (bicyclic) bond motifs is 1. The van der Waals surface area contributed by atoms with Crippen LogP contribution in [0.3, 0.4) is 0 Å². The molecule has 1 N–H and O–H groups in total. The van der Waals surface area contributed by atoms with Gasteiger partial charge in [-0.2, -0.15) is 0 Å². The number of thioether (sulfide) groups is 1. The number of nitrogens with one attached hydrogen (secondary N) is 1. The number of nitrogens with zero attached hydrogens (tertiary/aromatic N) is 3. The maximum absolute atomic E-state index is 12.1. The quantitative estimate of drug-likeness (QED) is 0.628. The molecule has 0 aliphatic rings. The Morgan fingerprint density at radius 1 is 1.19 bits per heavy atom. The Morgan fingerprint density at radius 3 is 2.62 bits per heavy atom. The second-order valence-electron chi connectivity index (χ2n) is 5.03. The summed E-state index contributed by atoms with van der Waals surface area (Å²) < 4.78 is 3.36. The minimum Gasteiger partial charge on any atom is -0.313 e. The van der Waals surface area contributed by atoms with Crippen molar-refractivity contribution in [2.75, 3.05) is 5.75 Å². The molecule has 0 radical (unpaired) electrons. The molecule has 2 aromatic rings. The first-order valence-corrected chi connectivity index (χ1v) is 8.41. The highest BCUT2D eigenvalue weighted by molar-refractivity contribution is 7.99. The van der Waals surface area contributed by atoms with Crippen LogP contribution in [-0.2, 0) is 13.6 Å². The molecular weight excluding hydrogens is 288 g/mol. The molecule has 21 heavy (non-hydrogen) atoms. The van der Waals surface area contributed by atoms with Crippen molar-refractivity contribution >= 4 is 22.9 Å². The third-order valence-corrected chi connectivity index (χ3v) is 4.34. The maximum Gasteiger partial charge on any atom is 0.329 e. The predicted molar refractivity (Wildman–Crippen MR) is 86.1 cm³/mol. The number of hydrogen-bond acceptors (Lipinski definition) is 4. The Labute approximate surface area is 127 Å². The molecule has 0 bridgehead atoms. The third kappa shape index (κ3) is 3.23. The van der Waals surface area contributed by atoms with Crippen LogP contribution in [0.1, 0.15) is 39.5 Å². The van der Waals surface area contributed by atoms with Crippen molar-refractivity contribution < 1.29 is 0 Å². The minimum absolute atomic E-state index is 0.348. The van der Waals surface area contributed by atoms with Crippen LogP contribution >= 0.6 is 11.8 Å². The summed E-state index contributed by atoms with van der Waals surface area (Å²) in [5.41, 5.74) is 0.204. The minimum atomic E-state index is -0.420. The number of aryl methyl sites for hydroxylation is 2. The van der Waals surface area contributed by atoms with E-state index in [2.05, 4.69) is 23.8 Å². The van der Waals surface area contributed by atoms with Gasteiger partial charge in [0, 0.05) is 13.6 Å². The van der Waals surface area contributed by atoms with E-state index in [0.717, 1.165) is 30.3 Å². The monoisotopic (exact) mass is 310 g/mol. The molecule has 0 saturated carbocycles. The summed E-state index contributed by atoms with van der Waals surface area (Å²) in [5, 5.41) is 0.815. The number of hydrogen-bond donors (Lipinski definition) is 1. The fourth-order valence-corrected chi connectivity index (χ4v) is 3.11. The van der Waals surface area contributed by atoms with Crippen LogP contribution in [0.4, 0.5) is 0 Å². The van der Waals surface area contributed by atoms with Crippen molar-refractivity contribution in [3.63, 3.8) is 0 Å². The molecule has 0 aliphatic heterocycles. The first kappa shape index (κ1) is 15.9. The van der Waals surface area contributed by atoms with Crippen LogP contribution in [0.25, 0.3) is 11.2 Å². The Kier molecular flexibility index (Phi) is 5.27. The van der Waals surface area contributed by atoms with Gasteiger partial charge in [-0.15, -0.1) is 0 Å². The summed E-state index contributed by atoms with van der Waals surface area (Å²) >= 11 is 1.60. The number of aromatic nitrogens is 4. The summed E-state index contributed by atoms with van der Waals surface area (Å²) in [6, 6.07) is 0. The van der Waals surface area contributed by atoms with Crippen LogP contribution in [0.15, 0.2) is 14.7 Å². The topological polar surface area (TPSA) is 72.7 Å². The zero-order valence-electron chi connectivity index (χ0n) is 12.8. The smallest absolute Gasteiger partial charge is 0.313 e. The summed E-state index contributed by atoms with van der Waals surface area (Å²) in [6.45, 7) is 4.99. The molecule has 2 aromatic heterocycles. The standard InChI is InChI=1S/C14H22N4O2S/c1-4-6-7-8-9-18-10-11(15-14(18)21-5-2)17(3)13(20)16-12(10)19/h4-9H2,1-3H3,(H,16,19,20). The van der Waals surface area contributed by atoms with Crippen molar-refractivity contribution in [1.29, 1.82) is 0 Å². The molecule has 0 unspecified atom stereocenters. The highest BCUT2D eigenvalue weighted by atomic mass is 32.2. The van der Waals surface area contributed by atoms with Crippen molar-refractivity contribution in [2.24, 2.45) is 7.05 Å². The molecule has 0 atom stereocenters. The van der Waals surface area contributed by atoms with Crippen molar-refractivity contribution in [2.45, 2.75) is 51.2 Å². The van der Waals surface area contributed by atoms with E-state index in [1.807, 2.05) is 4.57 Å². The molecule has 2 heterocycles. The average Bonchev–Trinajstić information content (AvgIpc) is 2.81. The molecule has 6 nitrogen and oxygen atoms in total. The van der Waals surface area contributed by atoms with Gasteiger partial charge in [-0.1, -0.05) is 44.9 Å². The predicted octanol–water partition coefficient (Wildman–Crippen LogP) is 2.12. The van der Waals surface area contributed by atoms with Gasteiger partial charge in [0.05, 0.1) is 0 Å². The second kappa shape index (κ2) is 6.98. The van der Waals surface area contributed by atoms with E-state index < -0.39 is 5.69 Å². The SMILES string of the molecule is CCCCCCn1c(SCC)nc2c1c(=O)[nH]c(=O)n2C. The fourth-order valence-electron chi connectivity index (χ4n) is 2.36. The lowest BCUT2D eigenvalue weighted by molar-refractivity contribution is 0.562.